The lowest BCUT2D eigenvalue weighted by Gasteiger charge is -2.36. The molecule has 1 aromatic carbocycles. The first kappa shape index (κ1) is 16.6. The standard InChI is InChI=1S/C19H29NO3/c1-3-22-18-11-15-10-14(2)23-19(15)12-16(18)13-20-8-5-4-6-17(20)7-9-21/h11-12,14,17,21H,3-10,13H2,1-2H3. The van der Waals surface area contributed by atoms with E-state index in [1.54, 1.807) is 0 Å². The van der Waals surface area contributed by atoms with Crippen LogP contribution in [0.5, 0.6) is 11.5 Å². The summed E-state index contributed by atoms with van der Waals surface area (Å²) in [4.78, 5) is 2.50. The minimum Gasteiger partial charge on any atom is -0.494 e. The number of aliphatic hydroxyl groups excluding tert-OH is 1. The van der Waals surface area contributed by atoms with Crippen molar-refractivity contribution < 1.29 is 14.6 Å². The van der Waals surface area contributed by atoms with Gasteiger partial charge in [0.1, 0.15) is 17.6 Å². The number of ether oxygens (including phenoxy) is 2. The number of aliphatic hydroxyl groups is 1. The van der Waals surface area contributed by atoms with Crippen LogP contribution in [0, 0.1) is 0 Å². The molecule has 1 saturated heterocycles. The summed E-state index contributed by atoms with van der Waals surface area (Å²) in [6.07, 6.45) is 5.78. The van der Waals surface area contributed by atoms with Crippen molar-refractivity contribution in [1.82, 2.24) is 4.90 Å². The van der Waals surface area contributed by atoms with E-state index in [1.165, 1.54) is 30.4 Å². The molecule has 0 amide bonds. The Kier molecular flexibility index (Phi) is 5.44. The fourth-order valence-electron chi connectivity index (χ4n) is 3.86. The highest BCUT2D eigenvalue weighted by molar-refractivity contribution is 5.48. The molecule has 128 valence electrons. The number of likely N-dealkylation sites (tertiary alicyclic amines) is 1. The predicted octanol–water partition coefficient (Wildman–Crippen LogP) is 3.15. The Morgan fingerprint density at radius 2 is 2.22 bits per heavy atom. The van der Waals surface area contributed by atoms with Gasteiger partial charge >= 0.3 is 0 Å². The number of piperidine rings is 1. The zero-order chi connectivity index (χ0) is 16.2. The Morgan fingerprint density at radius 3 is 3.00 bits per heavy atom. The van der Waals surface area contributed by atoms with E-state index < -0.39 is 0 Å². The third-order valence-electron chi connectivity index (χ3n) is 4.96. The molecule has 1 aromatic rings. The maximum Gasteiger partial charge on any atom is 0.124 e. The monoisotopic (exact) mass is 319 g/mol. The van der Waals surface area contributed by atoms with Gasteiger partial charge in [0, 0.05) is 36.7 Å². The van der Waals surface area contributed by atoms with Crippen LogP contribution in [0.3, 0.4) is 0 Å². The van der Waals surface area contributed by atoms with Gasteiger partial charge in [-0.1, -0.05) is 6.42 Å². The lowest BCUT2D eigenvalue weighted by atomic mass is 9.98. The van der Waals surface area contributed by atoms with Crippen molar-refractivity contribution in [2.75, 3.05) is 19.8 Å². The molecule has 0 aliphatic carbocycles. The van der Waals surface area contributed by atoms with Crippen LogP contribution >= 0.6 is 0 Å². The highest BCUT2D eigenvalue weighted by atomic mass is 16.5. The molecule has 1 N–H and O–H groups in total. The second-order valence-electron chi connectivity index (χ2n) is 6.77. The maximum atomic E-state index is 9.33. The van der Waals surface area contributed by atoms with Crippen molar-refractivity contribution in [1.29, 1.82) is 0 Å². The molecule has 0 saturated carbocycles. The average Bonchev–Trinajstić information content (AvgIpc) is 2.89. The molecule has 4 nitrogen and oxygen atoms in total. The van der Waals surface area contributed by atoms with Gasteiger partial charge in [-0.2, -0.15) is 0 Å². The first-order valence-corrected chi connectivity index (χ1v) is 9.01. The topological polar surface area (TPSA) is 41.9 Å². The molecule has 1 fully saturated rings. The van der Waals surface area contributed by atoms with Crippen molar-refractivity contribution >= 4 is 0 Å². The SMILES string of the molecule is CCOc1cc2c(cc1CN1CCCCC1CCO)OC(C)C2. The van der Waals surface area contributed by atoms with E-state index >= 15 is 0 Å². The first-order chi connectivity index (χ1) is 11.2. The van der Waals surface area contributed by atoms with Crippen molar-refractivity contribution in [3.8, 4) is 11.5 Å². The van der Waals surface area contributed by atoms with Crippen LogP contribution in [-0.4, -0.2) is 41.9 Å². The fourth-order valence-corrected chi connectivity index (χ4v) is 3.86. The summed E-state index contributed by atoms with van der Waals surface area (Å²) >= 11 is 0. The van der Waals surface area contributed by atoms with E-state index in [2.05, 4.69) is 24.0 Å². The number of fused-ring (bicyclic) bond motifs is 1. The zero-order valence-corrected chi connectivity index (χ0v) is 14.4. The molecule has 0 aromatic heterocycles. The van der Waals surface area contributed by atoms with Crippen molar-refractivity contribution in [3.05, 3.63) is 23.3 Å². The largest absolute Gasteiger partial charge is 0.494 e. The molecule has 23 heavy (non-hydrogen) atoms. The van der Waals surface area contributed by atoms with Crippen LogP contribution in [0.25, 0.3) is 0 Å². The van der Waals surface area contributed by atoms with Gasteiger partial charge in [0.05, 0.1) is 6.61 Å². The van der Waals surface area contributed by atoms with Crippen LogP contribution < -0.4 is 9.47 Å². The van der Waals surface area contributed by atoms with E-state index in [9.17, 15) is 5.11 Å². The van der Waals surface area contributed by atoms with Crippen molar-refractivity contribution in [2.24, 2.45) is 0 Å². The summed E-state index contributed by atoms with van der Waals surface area (Å²) in [5.41, 5.74) is 2.47. The third-order valence-corrected chi connectivity index (χ3v) is 4.96. The van der Waals surface area contributed by atoms with Gasteiger partial charge in [0.15, 0.2) is 0 Å². The van der Waals surface area contributed by atoms with Crippen LogP contribution in [-0.2, 0) is 13.0 Å². The van der Waals surface area contributed by atoms with E-state index in [-0.39, 0.29) is 12.7 Å². The molecule has 2 aliphatic heterocycles. The summed E-state index contributed by atoms with van der Waals surface area (Å²) < 4.78 is 11.8. The van der Waals surface area contributed by atoms with E-state index in [1.807, 2.05) is 6.92 Å². The van der Waals surface area contributed by atoms with Crippen LogP contribution in [0.15, 0.2) is 12.1 Å². The average molecular weight is 319 g/mol. The first-order valence-electron chi connectivity index (χ1n) is 9.01. The summed E-state index contributed by atoms with van der Waals surface area (Å²) in [5.74, 6) is 2.02. The zero-order valence-electron chi connectivity index (χ0n) is 14.4. The lowest BCUT2D eigenvalue weighted by Crippen LogP contribution is -2.39. The second-order valence-corrected chi connectivity index (χ2v) is 6.77. The smallest absolute Gasteiger partial charge is 0.124 e. The van der Waals surface area contributed by atoms with Crippen molar-refractivity contribution in [3.63, 3.8) is 0 Å². The second kappa shape index (κ2) is 7.54. The number of nitrogens with zero attached hydrogens (tertiary/aromatic N) is 1. The Hall–Kier alpha value is -1.26. The van der Waals surface area contributed by atoms with Gasteiger partial charge in [0.25, 0.3) is 0 Å². The molecule has 0 bridgehead atoms. The minimum atomic E-state index is 0.256. The molecule has 0 spiro atoms. The van der Waals surface area contributed by atoms with E-state index in [4.69, 9.17) is 9.47 Å². The number of hydrogen-bond acceptors (Lipinski definition) is 4. The number of rotatable bonds is 6. The van der Waals surface area contributed by atoms with Gasteiger partial charge < -0.3 is 14.6 Å². The van der Waals surface area contributed by atoms with Crippen LogP contribution in [0.2, 0.25) is 0 Å². The minimum absolute atomic E-state index is 0.256. The quantitative estimate of drug-likeness (QED) is 0.874. The van der Waals surface area contributed by atoms with Gasteiger partial charge in [-0.25, -0.2) is 0 Å². The van der Waals surface area contributed by atoms with Crippen LogP contribution in [0.1, 0.15) is 50.7 Å². The van der Waals surface area contributed by atoms with E-state index in [0.717, 1.165) is 37.4 Å². The molecule has 4 heteroatoms. The van der Waals surface area contributed by atoms with Gasteiger partial charge in [-0.05, 0) is 51.8 Å². The molecule has 0 radical (unpaired) electrons. The summed E-state index contributed by atoms with van der Waals surface area (Å²) in [6, 6.07) is 4.83. The highest BCUT2D eigenvalue weighted by Crippen LogP contribution is 2.36. The molecule has 2 unspecified atom stereocenters. The maximum absolute atomic E-state index is 9.33. The Balaban J connectivity index is 1.81. The van der Waals surface area contributed by atoms with Gasteiger partial charge in [-0.15, -0.1) is 0 Å². The van der Waals surface area contributed by atoms with Gasteiger partial charge in [0.2, 0.25) is 0 Å². The normalized spacial score (nSPS) is 24.3. The molecule has 2 aliphatic rings. The Bertz CT molecular complexity index is 530. The molecular weight excluding hydrogens is 290 g/mol. The molecule has 2 atom stereocenters. The molecule has 2 heterocycles. The Morgan fingerprint density at radius 1 is 1.35 bits per heavy atom. The summed E-state index contributed by atoms with van der Waals surface area (Å²) in [6.45, 7) is 7.08. The van der Waals surface area contributed by atoms with Crippen LogP contribution in [0.4, 0.5) is 0 Å². The van der Waals surface area contributed by atoms with Crippen molar-refractivity contribution in [2.45, 2.75) is 64.6 Å². The fraction of sp³-hybridized carbons (Fsp3) is 0.684. The number of hydrogen-bond donors (Lipinski definition) is 1. The summed E-state index contributed by atoms with van der Waals surface area (Å²) in [5, 5.41) is 9.33. The predicted molar refractivity (Wildman–Crippen MR) is 91.2 cm³/mol. The third kappa shape index (κ3) is 3.81. The van der Waals surface area contributed by atoms with E-state index in [0.29, 0.717) is 12.6 Å². The number of benzene rings is 1. The molecular formula is C19H29NO3. The van der Waals surface area contributed by atoms with Gasteiger partial charge in [-0.3, -0.25) is 4.90 Å². The molecule has 3 rings (SSSR count). The summed E-state index contributed by atoms with van der Waals surface area (Å²) in [7, 11) is 0. The highest BCUT2D eigenvalue weighted by Gasteiger charge is 2.26. The lowest BCUT2D eigenvalue weighted by molar-refractivity contribution is 0.111. The Labute approximate surface area is 139 Å².